The minimum atomic E-state index is -0.388. The Hall–Kier alpha value is 0.660. The molecule has 1 rings (SSSR count). The Morgan fingerprint density at radius 3 is 2.50 bits per heavy atom. The average Bonchev–Trinajstić information content (AvgIpc) is 1.65. The summed E-state index contributed by atoms with van der Waals surface area (Å²) in [6.07, 6.45) is 4.60. The first kappa shape index (κ1) is 6.78. The van der Waals surface area contributed by atoms with Crippen molar-refractivity contribution in [1.29, 1.82) is 0 Å². The standard InChI is InChI=1S/C5H12OS2/c1-8(2)5-6-3-4-7-8/h3-5H2,1-2H3. The molecule has 0 bridgehead atoms. The quantitative estimate of drug-likeness (QED) is 0.488. The molecule has 0 radical (unpaired) electrons. The van der Waals surface area contributed by atoms with Crippen molar-refractivity contribution in [3.8, 4) is 0 Å². The molecule has 3 heteroatoms. The summed E-state index contributed by atoms with van der Waals surface area (Å²) in [5, 5.41) is 0. The van der Waals surface area contributed by atoms with Crippen LogP contribution < -0.4 is 0 Å². The summed E-state index contributed by atoms with van der Waals surface area (Å²) in [6, 6.07) is 0. The van der Waals surface area contributed by atoms with Crippen molar-refractivity contribution in [2.45, 2.75) is 0 Å². The summed E-state index contributed by atoms with van der Waals surface area (Å²) in [5.74, 6) is 2.19. The van der Waals surface area contributed by atoms with Gasteiger partial charge in [-0.05, 0) is 12.5 Å². The number of rotatable bonds is 0. The molecule has 0 amide bonds. The van der Waals surface area contributed by atoms with E-state index in [9.17, 15) is 0 Å². The predicted octanol–water partition coefficient (Wildman–Crippen LogP) is 1.69. The van der Waals surface area contributed by atoms with E-state index in [0.717, 1.165) is 12.5 Å². The van der Waals surface area contributed by atoms with Crippen LogP contribution in [0, 0.1) is 0 Å². The molecule has 1 aliphatic rings. The maximum atomic E-state index is 5.30. The smallest absolute Gasteiger partial charge is 0.0846 e. The van der Waals surface area contributed by atoms with E-state index in [4.69, 9.17) is 4.74 Å². The second-order valence-electron chi connectivity index (χ2n) is 2.28. The highest BCUT2D eigenvalue weighted by atomic mass is 33.2. The van der Waals surface area contributed by atoms with Gasteiger partial charge in [0, 0.05) is 5.75 Å². The molecule has 50 valence electrons. The molecule has 0 aromatic carbocycles. The van der Waals surface area contributed by atoms with E-state index in [0.29, 0.717) is 0 Å². The zero-order valence-electron chi connectivity index (χ0n) is 5.35. The van der Waals surface area contributed by atoms with Gasteiger partial charge in [0.1, 0.15) is 0 Å². The normalized spacial score (nSPS) is 31.8. The molecule has 0 unspecified atom stereocenters. The van der Waals surface area contributed by atoms with Crippen LogP contribution >= 0.6 is 19.9 Å². The van der Waals surface area contributed by atoms with E-state index in [1.54, 1.807) is 0 Å². The summed E-state index contributed by atoms with van der Waals surface area (Å²) in [7, 11) is 1.69. The summed E-state index contributed by atoms with van der Waals surface area (Å²) < 4.78 is 5.30. The Morgan fingerprint density at radius 1 is 1.50 bits per heavy atom. The van der Waals surface area contributed by atoms with Gasteiger partial charge in [-0.15, -0.1) is 10.8 Å². The topological polar surface area (TPSA) is 9.23 Å². The van der Waals surface area contributed by atoms with Crippen molar-refractivity contribution in [3.63, 3.8) is 0 Å². The Morgan fingerprint density at radius 2 is 2.25 bits per heavy atom. The highest BCUT2D eigenvalue weighted by Crippen LogP contribution is 2.54. The maximum Gasteiger partial charge on any atom is 0.0846 e. The Labute approximate surface area is 55.9 Å². The second-order valence-corrected chi connectivity index (χ2v) is 9.45. The predicted molar refractivity (Wildman–Crippen MR) is 42.7 cm³/mol. The fourth-order valence-corrected chi connectivity index (χ4v) is 3.80. The lowest BCUT2D eigenvalue weighted by atomic mass is 10.9. The first-order valence-corrected chi connectivity index (χ1v) is 6.76. The van der Waals surface area contributed by atoms with Gasteiger partial charge >= 0.3 is 0 Å². The molecule has 0 spiro atoms. The Kier molecular flexibility index (Phi) is 2.12. The first-order valence-electron chi connectivity index (χ1n) is 2.64. The van der Waals surface area contributed by atoms with Crippen LogP contribution in [0.25, 0.3) is 0 Å². The molecule has 0 atom stereocenters. The van der Waals surface area contributed by atoms with Crippen molar-refractivity contribution in [2.75, 3.05) is 30.8 Å². The second kappa shape index (κ2) is 2.50. The van der Waals surface area contributed by atoms with Gasteiger partial charge in [0.2, 0.25) is 0 Å². The molecular formula is C5H12OS2. The van der Waals surface area contributed by atoms with Gasteiger partial charge < -0.3 is 4.74 Å². The van der Waals surface area contributed by atoms with Gasteiger partial charge in [0.05, 0.1) is 12.5 Å². The lowest BCUT2D eigenvalue weighted by Gasteiger charge is -2.33. The average molecular weight is 152 g/mol. The molecule has 0 aromatic heterocycles. The van der Waals surface area contributed by atoms with Crippen LogP contribution in [0.15, 0.2) is 0 Å². The van der Waals surface area contributed by atoms with Crippen molar-refractivity contribution >= 4 is 19.9 Å². The van der Waals surface area contributed by atoms with Crippen LogP contribution in [0.3, 0.4) is 0 Å². The van der Waals surface area contributed by atoms with Gasteiger partial charge in [0.15, 0.2) is 0 Å². The summed E-state index contributed by atoms with van der Waals surface area (Å²) in [4.78, 5) is 0. The largest absolute Gasteiger partial charge is 0.371 e. The van der Waals surface area contributed by atoms with Gasteiger partial charge in [-0.2, -0.15) is 9.06 Å². The fraction of sp³-hybridized carbons (Fsp3) is 1.00. The summed E-state index contributed by atoms with van der Waals surface area (Å²) in [5.41, 5.74) is 0. The highest BCUT2D eigenvalue weighted by Gasteiger charge is 2.15. The molecule has 1 nitrogen and oxygen atoms in total. The Bertz CT molecular complexity index is 74.5. The molecule has 1 fully saturated rings. The van der Waals surface area contributed by atoms with Crippen LogP contribution in [-0.2, 0) is 4.74 Å². The minimum Gasteiger partial charge on any atom is -0.371 e. The summed E-state index contributed by atoms with van der Waals surface area (Å²) >= 11 is 0. The number of hydrogen-bond acceptors (Lipinski definition) is 2. The van der Waals surface area contributed by atoms with Crippen LogP contribution in [0.2, 0.25) is 0 Å². The third-order valence-corrected chi connectivity index (χ3v) is 5.41. The van der Waals surface area contributed by atoms with E-state index < -0.39 is 0 Å². The zero-order chi connectivity index (χ0) is 6.04. The van der Waals surface area contributed by atoms with Gasteiger partial charge in [0.25, 0.3) is 0 Å². The first-order chi connectivity index (χ1) is 3.71. The third kappa shape index (κ3) is 1.88. The maximum absolute atomic E-state index is 5.30. The zero-order valence-corrected chi connectivity index (χ0v) is 6.98. The van der Waals surface area contributed by atoms with Crippen molar-refractivity contribution in [3.05, 3.63) is 0 Å². The van der Waals surface area contributed by atoms with E-state index in [1.165, 1.54) is 5.75 Å². The SMILES string of the molecule is CS1(C)COCCS1. The van der Waals surface area contributed by atoms with Gasteiger partial charge in [-0.1, -0.05) is 0 Å². The molecular weight excluding hydrogens is 140 g/mol. The van der Waals surface area contributed by atoms with Crippen LogP contribution in [0.5, 0.6) is 0 Å². The lowest BCUT2D eigenvalue weighted by Crippen LogP contribution is -2.11. The van der Waals surface area contributed by atoms with Crippen molar-refractivity contribution < 1.29 is 4.74 Å². The molecule has 1 heterocycles. The molecule has 8 heavy (non-hydrogen) atoms. The molecule has 0 aliphatic carbocycles. The third-order valence-electron chi connectivity index (χ3n) is 0.997. The Balaban J connectivity index is 2.33. The van der Waals surface area contributed by atoms with Crippen molar-refractivity contribution in [2.24, 2.45) is 0 Å². The lowest BCUT2D eigenvalue weighted by molar-refractivity contribution is 0.198. The molecule has 0 saturated carbocycles. The van der Waals surface area contributed by atoms with Gasteiger partial charge in [-0.3, -0.25) is 0 Å². The minimum absolute atomic E-state index is 0.388. The van der Waals surface area contributed by atoms with E-state index in [2.05, 4.69) is 23.3 Å². The molecule has 1 saturated heterocycles. The van der Waals surface area contributed by atoms with Crippen molar-refractivity contribution in [1.82, 2.24) is 0 Å². The number of hydrogen-bond donors (Lipinski definition) is 0. The summed E-state index contributed by atoms with van der Waals surface area (Å²) in [6.45, 7) is 0.959. The molecule has 0 aromatic rings. The van der Waals surface area contributed by atoms with E-state index >= 15 is 0 Å². The number of ether oxygens (including phenoxy) is 1. The molecule has 0 N–H and O–H groups in total. The van der Waals surface area contributed by atoms with Crippen LogP contribution in [0.4, 0.5) is 0 Å². The fourth-order valence-electron chi connectivity index (χ4n) is 0.612. The van der Waals surface area contributed by atoms with E-state index in [1.807, 2.05) is 0 Å². The molecule has 1 aliphatic heterocycles. The van der Waals surface area contributed by atoms with Crippen LogP contribution in [0.1, 0.15) is 0 Å². The van der Waals surface area contributed by atoms with Gasteiger partial charge in [-0.25, -0.2) is 0 Å². The monoisotopic (exact) mass is 152 g/mol. The highest BCUT2D eigenvalue weighted by molar-refractivity contribution is 8.93. The van der Waals surface area contributed by atoms with Crippen LogP contribution in [-0.4, -0.2) is 30.8 Å². The van der Waals surface area contributed by atoms with E-state index in [-0.39, 0.29) is 9.06 Å².